The number of nitrogens with zero attached hydrogens (tertiary/aromatic N) is 4. The van der Waals surface area contributed by atoms with Crippen molar-refractivity contribution in [2.24, 2.45) is 0 Å². The summed E-state index contributed by atoms with van der Waals surface area (Å²) in [4.78, 5) is 4.37. The Kier molecular flexibility index (Phi) is 5.02. The highest BCUT2D eigenvalue weighted by Crippen LogP contribution is 2.25. The molecule has 0 aliphatic rings. The van der Waals surface area contributed by atoms with Gasteiger partial charge in [-0.1, -0.05) is 36.0 Å². The first-order valence-electron chi connectivity index (χ1n) is 8.78. The normalized spacial score (nSPS) is 11.3. The lowest BCUT2D eigenvalue weighted by atomic mass is 10.0. The molecule has 3 aromatic heterocycles. The van der Waals surface area contributed by atoms with Crippen LogP contribution >= 0.6 is 11.8 Å². The molecule has 0 radical (unpaired) electrons. The topological polar surface area (TPSA) is 56.7 Å². The number of thioether (sulfide) groups is 1. The van der Waals surface area contributed by atoms with Crippen molar-refractivity contribution in [3.63, 3.8) is 0 Å². The molecule has 132 valence electrons. The van der Waals surface area contributed by atoms with Gasteiger partial charge in [-0.15, -0.1) is 10.2 Å². The maximum Gasteiger partial charge on any atom is 0.200 e. The molecule has 5 nitrogen and oxygen atoms in total. The van der Waals surface area contributed by atoms with E-state index in [1.165, 1.54) is 16.3 Å². The number of aromatic nitrogens is 4. The van der Waals surface area contributed by atoms with E-state index in [0.717, 1.165) is 41.9 Å². The molecule has 0 saturated carbocycles. The van der Waals surface area contributed by atoms with Crippen LogP contribution in [0.5, 0.6) is 0 Å². The number of fused-ring (bicyclic) bond motifs is 1. The summed E-state index contributed by atoms with van der Waals surface area (Å²) >= 11 is 1.74. The lowest BCUT2D eigenvalue weighted by Gasteiger charge is -2.07. The third-order valence-corrected chi connectivity index (χ3v) is 5.40. The second-order valence-electron chi connectivity index (χ2n) is 6.00. The third kappa shape index (κ3) is 3.37. The summed E-state index contributed by atoms with van der Waals surface area (Å²) in [5.41, 5.74) is 1.30. The van der Waals surface area contributed by atoms with E-state index in [0.29, 0.717) is 0 Å². The standard InChI is InChI=1S/C20H20N4OS/c1-2-24-19(18-10-5-11-25-18)22-23-20(24)26-12-6-8-16-14-21-13-15-7-3-4-9-17(15)16/h3-5,7,9-11,13-14H,2,6,8,12H2,1H3. The largest absolute Gasteiger partial charge is 0.461 e. The Balaban J connectivity index is 1.41. The quantitative estimate of drug-likeness (QED) is 0.347. The Labute approximate surface area is 156 Å². The van der Waals surface area contributed by atoms with Crippen LogP contribution in [-0.2, 0) is 13.0 Å². The van der Waals surface area contributed by atoms with Gasteiger partial charge in [0.25, 0.3) is 0 Å². The zero-order valence-electron chi connectivity index (χ0n) is 14.6. The van der Waals surface area contributed by atoms with E-state index in [1.54, 1.807) is 18.0 Å². The predicted molar refractivity (Wildman–Crippen MR) is 104 cm³/mol. The Morgan fingerprint density at radius 2 is 2.00 bits per heavy atom. The third-order valence-electron chi connectivity index (χ3n) is 4.35. The first kappa shape index (κ1) is 16.8. The first-order chi connectivity index (χ1) is 12.9. The molecule has 0 saturated heterocycles. The second kappa shape index (κ2) is 7.74. The molecule has 0 N–H and O–H groups in total. The second-order valence-corrected chi connectivity index (χ2v) is 7.06. The van der Waals surface area contributed by atoms with Gasteiger partial charge in [0.05, 0.1) is 6.26 Å². The number of hydrogen-bond acceptors (Lipinski definition) is 5. The number of furan rings is 1. The van der Waals surface area contributed by atoms with Gasteiger partial charge in [0.1, 0.15) is 0 Å². The number of pyridine rings is 1. The molecule has 4 aromatic rings. The van der Waals surface area contributed by atoms with Crippen molar-refractivity contribution < 1.29 is 4.42 Å². The molecular weight excluding hydrogens is 344 g/mol. The molecule has 6 heteroatoms. The molecule has 0 fully saturated rings. The highest BCUT2D eigenvalue weighted by Gasteiger charge is 2.14. The van der Waals surface area contributed by atoms with Crippen LogP contribution in [0.1, 0.15) is 18.9 Å². The molecule has 0 atom stereocenters. The Bertz CT molecular complexity index is 989. The average molecular weight is 364 g/mol. The maximum absolute atomic E-state index is 5.46. The zero-order valence-corrected chi connectivity index (χ0v) is 15.4. The zero-order chi connectivity index (χ0) is 17.8. The molecule has 0 spiro atoms. The molecule has 0 unspecified atom stereocenters. The summed E-state index contributed by atoms with van der Waals surface area (Å²) in [5, 5.41) is 12.1. The summed E-state index contributed by atoms with van der Waals surface area (Å²) in [6, 6.07) is 12.2. The molecule has 0 bridgehead atoms. The van der Waals surface area contributed by atoms with Gasteiger partial charge in [-0.3, -0.25) is 9.55 Å². The van der Waals surface area contributed by atoms with Crippen molar-refractivity contribution in [2.75, 3.05) is 5.75 Å². The summed E-state index contributed by atoms with van der Waals surface area (Å²) < 4.78 is 7.56. The van der Waals surface area contributed by atoms with Gasteiger partial charge in [-0.05, 0) is 42.8 Å². The van der Waals surface area contributed by atoms with Crippen molar-refractivity contribution in [1.29, 1.82) is 0 Å². The van der Waals surface area contributed by atoms with E-state index < -0.39 is 0 Å². The lowest BCUT2D eigenvalue weighted by Crippen LogP contribution is -2.00. The van der Waals surface area contributed by atoms with Gasteiger partial charge >= 0.3 is 0 Å². The Morgan fingerprint density at radius 3 is 2.85 bits per heavy atom. The lowest BCUT2D eigenvalue weighted by molar-refractivity contribution is 0.567. The van der Waals surface area contributed by atoms with E-state index in [4.69, 9.17) is 4.42 Å². The van der Waals surface area contributed by atoms with Crippen molar-refractivity contribution in [2.45, 2.75) is 31.5 Å². The molecule has 0 amide bonds. The molecule has 0 aliphatic heterocycles. The van der Waals surface area contributed by atoms with E-state index in [9.17, 15) is 0 Å². The van der Waals surface area contributed by atoms with Crippen LogP contribution < -0.4 is 0 Å². The van der Waals surface area contributed by atoms with Crippen LogP contribution in [0.2, 0.25) is 0 Å². The minimum absolute atomic E-state index is 0.757. The fourth-order valence-corrected chi connectivity index (χ4v) is 4.01. The van der Waals surface area contributed by atoms with Crippen molar-refractivity contribution in [3.8, 4) is 11.6 Å². The van der Waals surface area contributed by atoms with Gasteiger partial charge in [0, 0.05) is 30.1 Å². The molecule has 0 aliphatic carbocycles. The van der Waals surface area contributed by atoms with E-state index in [2.05, 4.69) is 50.9 Å². The van der Waals surface area contributed by atoms with Crippen molar-refractivity contribution in [3.05, 3.63) is 60.6 Å². The average Bonchev–Trinajstić information content (AvgIpc) is 3.34. The molecular formula is C20H20N4OS. The van der Waals surface area contributed by atoms with Crippen LogP contribution in [0.4, 0.5) is 0 Å². The fraction of sp³-hybridized carbons (Fsp3) is 0.250. The number of aryl methyl sites for hydroxylation is 1. The van der Waals surface area contributed by atoms with E-state index in [-0.39, 0.29) is 0 Å². The fourth-order valence-electron chi connectivity index (χ4n) is 3.07. The minimum atomic E-state index is 0.757. The predicted octanol–water partition coefficient (Wildman–Crippen LogP) is 4.83. The minimum Gasteiger partial charge on any atom is -0.461 e. The molecule has 26 heavy (non-hydrogen) atoms. The highest BCUT2D eigenvalue weighted by atomic mass is 32.2. The Morgan fingerprint density at radius 1 is 1.08 bits per heavy atom. The Hall–Kier alpha value is -2.60. The van der Waals surface area contributed by atoms with Crippen LogP contribution in [-0.4, -0.2) is 25.5 Å². The SMILES string of the molecule is CCn1c(SCCCc2cncc3ccccc23)nnc1-c1ccco1. The number of rotatable bonds is 7. The van der Waals surface area contributed by atoms with Crippen LogP contribution in [0.15, 0.2) is 64.6 Å². The van der Waals surface area contributed by atoms with Crippen LogP contribution in [0.3, 0.4) is 0 Å². The van der Waals surface area contributed by atoms with Gasteiger partial charge in [0.2, 0.25) is 0 Å². The summed E-state index contributed by atoms with van der Waals surface area (Å²) in [6.45, 7) is 2.92. The van der Waals surface area contributed by atoms with Crippen molar-refractivity contribution in [1.82, 2.24) is 19.7 Å². The summed E-state index contributed by atoms with van der Waals surface area (Å²) in [5.74, 6) is 2.53. The number of hydrogen-bond donors (Lipinski definition) is 0. The van der Waals surface area contributed by atoms with Gasteiger partial charge in [-0.25, -0.2) is 0 Å². The smallest absolute Gasteiger partial charge is 0.200 e. The van der Waals surface area contributed by atoms with Gasteiger partial charge in [0.15, 0.2) is 16.7 Å². The molecule has 4 rings (SSSR count). The number of benzene rings is 1. The van der Waals surface area contributed by atoms with Crippen molar-refractivity contribution >= 4 is 22.5 Å². The molecule has 3 heterocycles. The van der Waals surface area contributed by atoms with Gasteiger partial charge in [-0.2, -0.15) is 0 Å². The highest BCUT2D eigenvalue weighted by molar-refractivity contribution is 7.99. The summed E-state index contributed by atoms with van der Waals surface area (Å²) in [7, 11) is 0. The maximum atomic E-state index is 5.46. The summed E-state index contributed by atoms with van der Waals surface area (Å²) in [6.07, 6.45) is 7.64. The first-order valence-corrected chi connectivity index (χ1v) is 9.77. The van der Waals surface area contributed by atoms with Crippen LogP contribution in [0, 0.1) is 0 Å². The van der Waals surface area contributed by atoms with Crippen LogP contribution in [0.25, 0.3) is 22.4 Å². The van der Waals surface area contributed by atoms with E-state index >= 15 is 0 Å². The monoisotopic (exact) mass is 364 g/mol. The van der Waals surface area contributed by atoms with Gasteiger partial charge < -0.3 is 4.42 Å². The van der Waals surface area contributed by atoms with E-state index in [1.807, 2.05) is 24.5 Å². The molecule has 1 aromatic carbocycles.